The first-order valence-electron chi connectivity index (χ1n) is 6.68. The van der Waals surface area contributed by atoms with E-state index in [4.69, 9.17) is 4.42 Å². The molecule has 0 saturated carbocycles. The third-order valence-electron chi connectivity index (χ3n) is 3.07. The molecule has 0 spiro atoms. The number of aromatic nitrogens is 1. The zero-order valence-corrected chi connectivity index (χ0v) is 12.9. The van der Waals surface area contributed by atoms with E-state index in [-0.39, 0.29) is 10.8 Å². The maximum atomic E-state index is 12.4. The van der Waals surface area contributed by atoms with Gasteiger partial charge in [-0.25, -0.2) is 13.4 Å². The first-order valence-corrected chi connectivity index (χ1v) is 8.16. The normalized spacial score (nSPS) is 11.3. The molecule has 0 aliphatic carbocycles. The second kappa shape index (κ2) is 5.73. The van der Waals surface area contributed by atoms with Crippen molar-refractivity contribution < 1.29 is 17.6 Å². The molecule has 0 aliphatic heterocycles. The SMILES string of the molecule is CC(=O)Nc1ccc(NS(=O)(=O)c2ccc3ncoc3c2)cc1. The minimum atomic E-state index is -3.74. The maximum absolute atomic E-state index is 12.4. The minimum Gasteiger partial charge on any atom is -0.443 e. The molecule has 0 radical (unpaired) electrons. The quantitative estimate of drug-likeness (QED) is 0.765. The molecule has 0 fully saturated rings. The van der Waals surface area contributed by atoms with Crippen LogP contribution in [0.5, 0.6) is 0 Å². The molecular formula is C15H13N3O4S. The van der Waals surface area contributed by atoms with Gasteiger partial charge in [-0.3, -0.25) is 9.52 Å². The summed E-state index contributed by atoms with van der Waals surface area (Å²) in [6, 6.07) is 10.8. The lowest BCUT2D eigenvalue weighted by Crippen LogP contribution is -2.13. The Kier molecular flexibility index (Phi) is 3.75. The zero-order valence-electron chi connectivity index (χ0n) is 12.1. The van der Waals surface area contributed by atoms with Crippen LogP contribution in [0.1, 0.15) is 6.92 Å². The number of nitrogens with one attached hydrogen (secondary N) is 2. The molecule has 3 rings (SSSR count). The van der Waals surface area contributed by atoms with E-state index in [1.807, 2.05) is 0 Å². The summed E-state index contributed by atoms with van der Waals surface area (Å²) < 4.78 is 32.4. The molecule has 0 atom stereocenters. The summed E-state index contributed by atoms with van der Waals surface area (Å²) in [5.74, 6) is -0.196. The van der Waals surface area contributed by atoms with E-state index >= 15 is 0 Å². The van der Waals surface area contributed by atoms with E-state index in [2.05, 4.69) is 15.0 Å². The van der Waals surface area contributed by atoms with E-state index in [0.29, 0.717) is 22.5 Å². The van der Waals surface area contributed by atoms with Crippen molar-refractivity contribution in [3.8, 4) is 0 Å². The summed E-state index contributed by atoms with van der Waals surface area (Å²) in [5, 5.41) is 2.61. The molecule has 23 heavy (non-hydrogen) atoms. The largest absolute Gasteiger partial charge is 0.443 e. The van der Waals surface area contributed by atoms with Gasteiger partial charge in [-0.15, -0.1) is 0 Å². The Bertz CT molecular complexity index is 962. The van der Waals surface area contributed by atoms with E-state index in [1.54, 1.807) is 30.3 Å². The molecule has 0 bridgehead atoms. The Labute approximate surface area is 132 Å². The van der Waals surface area contributed by atoms with E-state index < -0.39 is 10.0 Å². The lowest BCUT2D eigenvalue weighted by atomic mass is 10.3. The summed E-state index contributed by atoms with van der Waals surface area (Å²) in [6.07, 6.45) is 1.26. The average Bonchev–Trinajstić information content (AvgIpc) is 2.96. The van der Waals surface area contributed by atoms with Crippen molar-refractivity contribution in [2.45, 2.75) is 11.8 Å². The van der Waals surface area contributed by atoms with Gasteiger partial charge in [0.05, 0.1) is 4.90 Å². The molecule has 1 aromatic heterocycles. The number of hydrogen-bond acceptors (Lipinski definition) is 5. The summed E-state index contributed by atoms with van der Waals surface area (Å²) >= 11 is 0. The number of amides is 1. The first-order chi connectivity index (χ1) is 10.9. The van der Waals surface area contributed by atoms with Crippen molar-refractivity contribution in [3.05, 3.63) is 48.9 Å². The Morgan fingerprint density at radius 1 is 1.09 bits per heavy atom. The number of benzene rings is 2. The number of oxazole rings is 1. The molecule has 118 valence electrons. The highest BCUT2D eigenvalue weighted by Crippen LogP contribution is 2.21. The summed E-state index contributed by atoms with van der Waals surface area (Å²) in [5.41, 5.74) is 1.96. The first kappa shape index (κ1) is 15.0. The van der Waals surface area contributed by atoms with Gasteiger partial charge < -0.3 is 9.73 Å². The van der Waals surface area contributed by atoms with Crippen molar-refractivity contribution in [1.82, 2.24) is 4.98 Å². The number of hydrogen-bond donors (Lipinski definition) is 2. The van der Waals surface area contributed by atoms with Crippen LogP contribution < -0.4 is 10.0 Å². The van der Waals surface area contributed by atoms with Crippen LogP contribution in [0.15, 0.2) is 58.2 Å². The molecule has 7 nitrogen and oxygen atoms in total. The van der Waals surface area contributed by atoms with Crippen LogP contribution in [0, 0.1) is 0 Å². The number of nitrogens with zero attached hydrogens (tertiary/aromatic N) is 1. The number of fused-ring (bicyclic) bond motifs is 1. The van der Waals surface area contributed by atoms with Crippen LogP contribution in [0.25, 0.3) is 11.1 Å². The highest BCUT2D eigenvalue weighted by Gasteiger charge is 2.15. The van der Waals surface area contributed by atoms with Gasteiger partial charge in [0.2, 0.25) is 5.91 Å². The molecule has 1 amide bonds. The van der Waals surface area contributed by atoms with Crippen molar-refractivity contribution >= 4 is 38.4 Å². The molecule has 3 aromatic rings. The fourth-order valence-corrected chi connectivity index (χ4v) is 3.12. The lowest BCUT2D eigenvalue weighted by Gasteiger charge is -2.09. The van der Waals surface area contributed by atoms with Gasteiger partial charge in [0.15, 0.2) is 12.0 Å². The fraction of sp³-hybridized carbons (Fsp3) is 0.0667. The molecule has 2 aromatic carbocycles. The number of anilines is 2. The average molecular weight is 331 g/mol. The van der Waals surface area contributed by atoms with E-state index in [1.165, 1.54) is 25.5 Å². The van der Waals surface area contributed by atoms with Gasteiger partial charge in [0.25, 0.3) is 10.0 Å². The highest BCUT2D eigenvalue weighted by molar-refractivity contribution is 7.92. The van der Waals surface area contributed by atoms with Gasteiger partial charge in [-0.05, 0) is 36.4 Å². The standard InChI is InChI=1S/C15H13N3O4S/c1-10(19)17-11-2-4-12(5-3-11)18-23(20,21)13-6-7-14-15(8-13)22-9-16-14/h2-9,18H,1H3,(H,17,19). The monoisotopic (exact) mass is 331 g/mol. The number of rotatable bonds is 4. The lowest BCUT2D eigenvalue weighted by molar-refractivity contribution is -0.114. The van der Waals surface area contributed by atoms with Gasteiger partial charge >= 0.3 is 0 Å². The highest BCUT2D eigenvalue weighted by atomic mass is 32.2. The molecule has 0 unspecified atom stereocenters. The van der Waals surface area contributed by atoms with Gasteiger partial charge in [0, 0.05) is 24.4 Å². The van der Waals surface area contributed by atoms with Crippen LogP contribution in [0.3, 0.4) is 0 Å². The molecular weight excluding hydrogens is 318 g/mol. The summed E-state index contributed by atoms with van der Waals surface area (Å²) in [7, 11) is -3.74. The van der Waals surface area contributed by atoms with E-state index in [0.717, 1.165) is 0 Å². The Morgan fingerprint density at radius 3 is 2.48 bits per heavy atom. The van der Waals surface area contributed by atoms with Crippen LogP contribution >= 0.6 is 0 Å². The van der Waals surface area contributed by atoms with E-state index in [9.17, 15) is 13.2 Å². The number of sulfonamides is 1. The van der Waals surface area contributed by atoms with Crippen molar-refractivity contribution in [3.63, 3.8) is 0 Å². The second-order valence-corrected chi connectivity index (χ2v) is 6.53. The molecule has 8 heteroatoms. The van der Waals surface area contributed by atoms with Crippen LogP contribution in [0.4, 0.5) is 11.4 Å². The molecule has 0 aliphatic rings. The zero-order chi connectivity index (χ0) is 16.4. The Morgan fingerprint density at radius 2 is 1.78 bits per heavy atom. The Hall–Kier alpha value is -2.87. The summed E-state index contributed by atoms with van der Waals surface area (Å²) in [6.45, 7) is 1.40. The third-order valence-corrected chi connectivity index (χ3v) is 4.45. The predicted octanol–water partition coefficient (Wildman–Crippen LogP) is 2.59. The topological polar surface area (TPSA) is 101 Å². The van der Waals surface area contributed by atoms with Crippen molar-refractivity contribution in [2.75, 3.05) is 10.0 Å². The maximum Gasteiger partial charge on any atom is 0.262 e. The molecule has 2 N–H and O–H groups in total. The minimum absolute atomic E-state index is 0.0766. The predicted molar refractivity (Wildman–Crippen MR) is 85.6 cm³/mol. The Balaban J connectivity index is 1.83. The molecule has 0 saturated heterocycles. The fourth-order valence-electron chi connectivity index (χ4n) is 2.04. The third kappa shape index (κ3) is 3.32. The van der Waals surface area contributed by atoms with Crippen molar-refractivity contribution in [1.29, 1.82) is 0 Å². The van der Waals surface area contributed by atoms with Gasteiger partial charge in [-0.2, -0.15) is 0 Å². The van der Waals surface area contributed by atoms with Crippen molar-refractivity contribution in [2.24, 2.45) is 0 Å². The number of carbonyl (C=O) groups excluding carboxylic acids is 1. The van der Waals surface area contributed by atoms with Crippen LogP contribution in [-0.4, -0.2) is 19.3 Å². The van der Waals surface area contributed by atoms with Gasteiger partial charge in [-0.1, -0.05) is 0 Å². The molecule has 1 heterocycles. The summed E-state index contributed by atoms with van der Waals surface area (Å²) in [4.78, 5) is 15.0. The number of carbonyl (C=O) groups is 1. The second-order valence-electron chi connectivity index (χ2n) is 4.85. The smallest absolute Gasteiger partial charge is 0.262 e. The van der Waals surface area contributed by atoms with Crippen LogP contribution in [-0.2, 0) is 14.8 Å². The van der Waals surface area contributed by atoms with Crippen LogP contribution in [0.2, 0.25) is 0 Å². The van der Waals surface area contributed by atoms with Gasteiger partial charge in [0.1, 0.15) is 5.52 Å².